The lowest BCUT2D eigenvalue weighted by Gasteiger charge is -2.31. The van der Waals surface area contributed by atoms with E-state index in [4.69, 9.17) is 9.47 Å². The molecule has 4 rings (SSSR count). The number of carbonyl (C=O) groups is 2. The third-order valence-corrected chi connectivity index (χ3v) is 5.22. The predicted octanol–water partition coefficient (Wildman–Crippen LogP) is 5.27. The van der Waals surface area contributed by atoms with Crippen molar-refractivity contribution in [3.8, 4) is 11.3 Å². The molecule has 9 heteroatoms. The van der Waals surface area contributed by atoms with Gasteiger partial charge in [0.1, 0.15) is 11.2 Å². The first-order chi connectivity index (χ1) is 15.9. The van der Waals surface area contributed by atoms with Gasteiger partial charge >= 0.3 is 12.2 Å². The fraction of sp³-hybridized carbons (Fsp3) is 0.440. The third-order valence-electron chi connectivity index (χ3n) is 5.22. The summed E-state index contributed by atoms with van der Waals surface area (Å²) >= 11 is 0. The van der Waals surface area contributed by atoms with E-state index < -0.39 is 17.3 Å². The summed E-state index contributed by atoms with van der Waals surface area (Å²) in [6.07, 6.45) is 1.60. The molecule has 1 aromatic carbocycles. The van der Waals surface area contributed by atoms with Crippen LogP contribution in [-0.2, 0) is 22.4 Å². The van der Waals surface area contributed by atoms with Gasteiger partial charge in [-0.05, 0) is 71.2 Å². The maximum absolute atomic E-state index is 12.6. The molecular formula is C25H31N5O4. The van der Waals surface area contributed by atoms with Gasteiger partial charge in [0.2, 0.25) is 0 Å². The number of hydrogen-bond donors (Lipinski definition) is 2. The number of hydrogen-bond acceptors (Lipinski definition) is 6. The van der Waals surface area contributed by atoms with Crippen molar-refractivity contribution in [1.29, 1.82) is 0 Å². The summed E-state index contributed by atoms with van der Waals surface area (Å²) in [7, 11) is 0. The molecule has 0 saturated heterocycles. The van der Waals surface area contributed by atoms with Gasteiger partial charge in [0.05, 0.1) is 17.6 Å². The molecule has 0 spiro atoms. The maximum Gasteiger partial charge on any atom is 0.412 e. The highest BCUT2D eigenvalue weighted by molar-refractivity contribution is 5.95. The van der Waals surface area contributed by atoms with Crippen molar-refractivity contribution in [2.75, 3.05) is 11.9 Å². The van der Waals surface area contributed by atoms with E-state index >= 15 is 0 Å². The lowest BCUT2D eigenvalue weighted by molar-refractivity contribution is 0.0224. The number of nitrogens with one attached hydrogen (secondary N) is 2. The van der Waals surface area contributed by atoms with Crippen molar-refractivity contribution in [3.63, 3.8) is 0 Å². The molecule has 0 unspecified atom stereocenters. The highest BCUT2D eigenvalue weighted by atomic mass is 16.6. The van der Waals surface area contributed by atoms with Crippen LogP contribution in [0.4, 0.5) is 15.3 Å². The van der Waals surface area contributed by atoms with Gasteiger partial charge in [0, 0.05) is 24.0 Å². The van der Waals surface area contributed by atoms with E-state index in [1.807, 2.05) is 59.7 Å². The van der Waals surface area contributed by atoms with Crippen molar-refractivity contribution >= 4 is 28.9 Å². The van der Waals surface area contributed by atoms with Gasteiger partial charge in [-0.25, -0.2) is 14.6 Å². The Balaban J connectivity index is 1.62. The lowest BCUT2D eigenvalue weighted by Crippen LogP contribution is -2.40. The number of ether oxygens (including phenoxy) is 2. The summed E-state index contributed by atoms with van der Waals surface area (Å²) in [4.78, 5) is 31.0. The Kier molecular flexibility index (Phi) is 5.97. The number of anilines is 1. The largest absolute Gasteiger partial charge is 0.444 e. The van der Waals surface area contributed by atoms with Crippen LogP contribution >= 0.6 is 0 Å². The zero-order valence-electron chi connectivity index (χ0n) is 20.5. The van der Waals surface area contributed by atoms with Gasteiger partial charge in [0.15, 0.2) is 5.65 Å². The van der Waals surface area contributed by atoms with Gasteiger partial charge in [-0.1, -0.05) is 12.1 Å². The molecule has 0 bridgehead atoms. The molecule has 180 valence electrons. The number of rotatable bonds is 2. The summed E-state index contributed by atoms with van der Waals surface area (Å²) in [5.74, 6) is 0. The summed E-state index contributed by atoms with van der Waals surface area (Å²) in [5.41, 5.74) is 3.86. The quantitative estimate of drug-likeness (QED) is 0.534. The zero-order chi connectivity index (χ0) is 24.7. The average molecular weight is 466 g/mol. The highest BCUT2D eigenvalue weighted by Crippen LogP contribution is 2.34. The van der Waals surface area contributed by atoms with Crippen LogP contribution in [0.25, 0.3) is 22.3 Å². The Hall–Kier alpha value is -3.62. The molecular weight excluding hydrogens is 434 g/mol. The van der Waals surface area contributed by atoms with Crippen LogP contribution in [0.3, 0.4) is 0 Å². The molecule has 9 nitrogen and oxygen atoms in total. The van der Waals surface area contributed by atoms with Crippen LogP contribution < -0.4 is 5.32 Å². The molecule has 2 amide bonds. The number of fused-ring (bicyclic) bond motifs is 3. The molecule has 0 radical (unpaired) electrons. The van der Waals surface area contributed by atoms with Crippen molar-refractivity contribution in [2.24, 2.45) is 0 Å². The summed E-state index contributed by atoms with van der Waals surface area (Å²) in [6.45, 7) is 12.0. The van der Waals surface area contributed by atoms with Crippen LogP contribution in [0.1, 0.15) is 52.7 Å². The Labute approximate surface area is 198 Å². The number of aromatic amines is 1. The number of H-pyrrole nitrogens is 1. The smallest absolute Gasteiger partial charge is 0.412 e. The Morgan fingerprint density at radius 2 is 1.82 bits per heavy atom. The second-order valence-corrected chi connectivity index (χ2v) is 10.4. The van der Waals surface area contributed by atoms with Gasteiger partial charge < -0.3 is 14.4 Å². The molecule has 3 heterocycles. The van der Waals surface area contributed by atoms with Crippen molar-refractivity contribution < 1.29 is 19.1 Å². The summed E-state index contributed by atoms with van der Waals surface area (Å²) in [6, 6.07) is 7.48. The second-order valence-electron chi connectivity index (χ2n) is 10.4. The normalized spacial score (nSPS) is 14.0. The molecule has 1 aliphatic heterocycles. The molecule has 0 aliphatic carbocycles. The number of amides is 2. The van der Waals surface area contributed by atoms with E-state index in [0.29, 0.717) is 30.8 Å². The van der Waals surface area contributed by atoms with Crippen molar-refractivity contribution in [2.45, 2.75) is 65.7 Å². The van der Waals surface area contributed by atoms with Crippen molar-refractivity contribution in [3.05, 3.63) is 41.6 Å². The molecule has 2 N–H and O–H groups in total. The third kappa shape index (κ3) is 5.30. The van der Waals surface area contributed by atoms with E-state index in [0.717, 1.165) is 27.8 Å². The Morgan fingerprint density at radius 1 is 1.09 bits per heavy atom. The molecule has 34 heavy (non-hydrogen) atoms. The Bertz CT molecular complexity index is 1240. The topological polar surface area (TPSA) is 109 Å². The number of benzene rings is 1. The number of aromatic nitrogens is 3. The highest BCUT2D eigenvalue weighted by Gasteiger charge is 2.28. The molecule has 3 aromatic rings. The molecule has 0 saturated carbocycles. The van der Waals surface area contributed by atoms with Crippen LogP contribution in [0.15, 0.2) is 30.5 Å². The fourth-order valence-electron chi connectivity index (χ4n) is 3.91. The van der Waals surface area contributed by atoms with Gasteiger partial charge in [-0.3, -0.25) is 10.4 Å². The number of pyridine rings is 1. The fourth-order valence-corrected chi connectivity index (χ4v) is 3.91. The molecule has 0 fully saturated rings. The van der Waals surface area contributed by atoms with Crippen LogP contribution in [-0.4, -0.2) is 50.0 Å². The minimum absolute atomic E-state index is 0.327. The minimum Gasteiger partial charge on any atom is -0.444 e. The van der Waals surface area contributed by atoms with E-state index in [1.54, 1.807) is 17.2 Å². The van der Waals surface area contributed by atoms with Gasteiger partial charge in [-0.2, -0.15) is 5.10 Å². The summed E-state index contributed by atoms with van der Waals surface area (Å²) < 4.78 is 10.9. The molecule has 0 atom stereocenters. The SMILES string of the molecule is CC(C)(C)OC(=O)Nc1cccc(-c2[nH]nc3ncc4c(c23)CCN(C(=O)OC(C)(C)C)C4)c1. The van der Waals surface area contributed by atoms with Gasteiger partial charge in [0.25, 0.3) is 0 Å². The van der Waals surface area contributed by atoms with E-state index in [2.05, 4.69) is 20.5 Å². The predicted molar refractivity (Wildman–Crippen MR) is 130 cm³/mol. The first-order valence-electron chi connectivity index (χ1n) is 11.3. The van der Waals surface area contributed by atoms with Crippen LogP contribution in [0.2, 0.25) is 0 Å². The minimum atomic E-state index is -0.584. The maximum atomic E-state index is 12.6. The monoisotopic (exact) mass is 465 g/mol. The van der Waals surface area contributed by atoms with Crippen LogP contribution in [0, 0.1) is 0 Å². The van der Waals surface area contributed by atoms with E-state index in [1.165, 1.54) is 0 Å². The number of carbonyl (C=O) groups excluding carboxylic acids is 2. The van der Waals surface area contributed by atoms with E-state index in [9.17, 15) is 9.59 Å². The zero-order valence-corrected chi connectivity index (χ0v) is 20.5. The first kappa shape index (κ1) is 23.5. The Morgan fingerprint density at radius 3 is 2.53 bits per heavy atom. The molecule has 2 aromatic heterocycles. The number of nitrogens with zero attached hydrogens (tertiary/aromatic N) is 3. The first-order valence-corrected chi connectivity index (χ1v) is 11.3. The van der Waals surface area contributed by atoms with Crippen LogP contribution in [0.5, 0.6) is 0 Å². The van der Waals surface area contributed by atoms with E-state index in [-0.39, 0.29) is 6.09 Å². The van der Waals surface area contributed by atoms with Gasteiger partial charge in [-0.15, -0.1) is 0 Å². The standard InChI is InChI=1S/C25H31N5O4/c1-24(2,3)33-22(31)27-17-9-7-8-15(12-17)20-19-18-10-11-30(23(32)34-25(4,5)6)14-16(18)13-26-21(19)29-28-20/h7-9,12-13H,10-11,14H2,1-6H3,(H,27,31)(H,26,28,29). The van der Waals surface area contributed by atoms with Crippen molar-refractivity contribution in [1.82, 2.24) is 20.1 Å². The molecule has 1 aliphatic rings. The lowest BCUT2D eigenvalue weighted by atomic mass is 9.96. The average Bonchev–Trinajstić information content (AvgIpc) is 3.15. The summed E-state index contributed by atoms with van der Waals surface area (Å²) in [5, 5.41) is 11.2. The second kappa shape index (κ2) is 8.62.